The van der Waals surface area contributed by atoms with Crippen LogP contribution in [-0.2, 0) is 9.53 Å². The molecule has 0 radical (unpaired) electrons. The van der Waals surface area contributed by atoms with Gasteiger partial charge in [-0.05, 0) is 42.5 Å². The van der Waals surface area contributed by atoms with Gasteiger partial charge in [0.05, 0.1) is 17.7 Å². The smallest absolute Gasteiger partial charge is 0.340 e. The normalized spacial score (nSPS) is 10.0. The molecule has 0 atom stereocenters. The maximum atomic E-state index is 11.9. The summed E-state index contributed by atoms with van der Waals surface area (Å²) in [6.07, 6.45) is 0. The first-order valence-corrected chi connectivity index (χ1v) is 7.31. The summed E-state index contributed by atoms with van der Waals surface area (Å²) in [5, 5.41) is 3.17. The Labute approximate surface area is 143 Å². The molecule has 1 amide bonds. The fourth-order valence-electron chi connectivity index (χ4n) is 1.74. The third-order valence-electron chi connectivity index (χ3n) is 2.86. The molecule has 0 aliphatic heterocycles. The number of ether oxygens (including phenoxy) is 2. The van der Waals surface area contributed by atoms with Gasteiger partial charge in [-0.2, -0.15) is 0 Å². The quantitative estimate of drug-likeness (QED) is 0.830. The van der Waals surface area contributed by atoms with E-state index < -0.39 is 18.5 Å². The topological polar surface area (TPSA) is 64.6 Å². The van der Waals surface area contributed by atoms with E-state index >= 15 is 0 Å². The van der Waals surface area contributed by atoms with Crippen LogP contribution in [0.4, 0.5) is 5.69 Å². The number of halogens is 2. The molecule has 0 aliphatic carbocycles. The Bertz CT molecular complexity index is 717. The lowest BCUT2D eigenvalue weighted by Crippen LogP contribution is -2.21. The third kappa shape index (κ3) is 4.87. The van der Waals surface area contributed by atoms with Gasteiger partial charge in [-0.3, -0.25) is 4.79 Å². The molecule has 1 N–H and O–H groups in total. The van der Waals surface area contributed by atoms with E-state index in [0.29, 0.717) is 16.5 Å². The molecule has 0 saturated heterocycles. The molecular weight excluding hydrogens is 341 g/mol. The van der Waals surface area contributed by atoms with Crippen LogP contribution in [0.2, 0.25) is 10.0 Å². The van der Waals surface area contributed by atoms with Gasteiger partial charge in [0.15, 0.2) is 6.61 Å². The number of carbonyl (C=O) groups excluding carboxylic acids is 2. The van der Waals surface area contributed by atoms with Crippen molar-refractivity contribution in [2.45, 2.75) is 0 Å². The molecule has 0 unspecified atom stereocenters. The summed E-state index contributed by atoms with van der Waals surface area (Å²) in [5.74, 6) is -0.489. The van der Waals surface area contributed by atoms with Crippen molar-refractivity contribution in [2.24, 2.45) is 0 Å². The zero-order chi connectivity index (χ0) is 16.8. The van der Waals surface area contributed by atoms with E-state index in [1.54, 1.807) is 31.4 Å². The Morgan fingerprint density at radius 1 is 1.09 bits per heavy atom. The summed E-state index contributed by atoms with van der Waals surface area (Å²) in [5.41, 5.74) is 0.713. The molecular formula is C16H13Cl2NO4. The molecule has 0 aromatic heterocycles. The van der Waals surface area contributed by atoms with Gasteiger partial charge in [-0.15, -0.1) is 0 Å². The molecule has 0 bridgehead atoms. The molecule has 23 heavy (non-hydrogen) atoms. The predicted octanol–water partition coefficient (Wildman–Crippen LogP) is 3.80. The maximum absolute atomic E-state index is 11.9. The van der Waals surface area contributed by atoms with Crippen molar-refractivity contribution in [1.82, 2.24) is 0 Å². The van der Waals surface area contributed by atoms with E-state index in [4.69, 9.17) is 32.7 Å². The zero-order valence-corrected chi connectivity index (χ0v) is 13.6. The average molecular weight is 354 g/mol. The molecule has 0 fully saturated rings. The minimum Gasteiger partial charge on any atom is -0.497 e. The van der Waals surface area contributed by atoms with Crippen molar-refractivity contribution in [3.63, 3.8) is 0 Å². The van der Waals surface area contributed by atoms with Crippen LogP contribution < -0.4 is 10.1 Å². The number of carbonyl (C=O) groups is 2. The largest absolute Gasteiger partial charge is 0.497 e. The molecule has 0 saturated carbocycles. The standard InChI is InChI=1S/C16H13Cl2NO4/c1-22-12-5-3-11(4-6-12)19-15(20)9-23-16(21)13-7-2-10(17)8-14(13)18/h2-8H,9H2,1H3,(H,19,20). The van der Waals surface area contributed by atoms with Crippen LogP contribution in [0.1, 0.15) is 10.4 Å². The average Bonchev–Trinajstić information content (AvgIpc) is 2.53. The Morgan fingerprint density at radius 2 is 1.78 bits per heavy atom. The van der Waals surface area contributed by atoms with Crippen LogP contribution >= 0.6 is 23.2 Å². The Morgan fingerprint density at radius 3 is 2.39 bits per heavy atom. The number of hydrogen-bond donors (Lipinski definition) is 1. The highest BCUT2D eigenvalue weighted by atomic mass is 35.5. The number of rotatable bonds is 5. The van der Waals surface area contributed by atoms with Crippen molar-refractivity contribution in [2.75, 3.05) is 19.0 Å². The molecule has 2 aromatic rings. The second-order valence-electron chi connectivity index (χ2n) is 4.48. The first-order valence-electron chi connectivity index (χ1n) is 6.55. The van der Waals surface area contributed by atoms with E-state index in [2.05, 4.69) is 5.32 Å². The van der Waals surface area contributed by atoms with E-state index in [-0.39, 0.29) is 10.6 Å². The molecule has 0 spiro atoms. The lowest BCUT2D eigenvalue weighted by Gasteiger charge is -2.08. The fraction of sp³-hybridized carbons (Fsp3) is 0.125. The second kappa shape index (κ2) is 7.85. The second-order valence-corrected chi connectivity index (χ2v) is 5.32. The van der Waals surface area contributed by atoms with Crippen molar-refractivity contribution >= 4 is 40.8 Å². The highest BCUT2D eigenvalue weighted by Gasteiger charge is 2.14. The van der Waals surface area contributed by atoms with Gasteiger partial charge in [0.1, 0.15) is 5.75 Å². The number of benzene rings is 2. The highest BCUT2D eigenvalue weighted by Crippen LogP contribution is 2.21. The minimum atomic E-state index is -0.698. The maximum Gasteiger partial charge on any atom is 0.340 e. The van der Waals surface area contributed by atoms with Crippen molar-refractivity contribution in [3.8, 4) is 5.75 Å². The Hall–Kier alpha value is -2.24. The molecule has 2 rings (SSSR count). The number of hydrogen-bond acceptors (Lipinski definition) is 4. The first-order chi connectivity index (χ1) is 11.0. The van der Waals surface area contributed by atoms with E-state index in [1.165, 1.54) is 18.2 Å². The van der Waals surface area contributed by atoms with Crippen LogP contribution in [0.25, 0.3) is 0 Å². The van der Waals surface area contributed by atoms with Gasteiger partial charge >= 0.3 is 5.97 Å². The van der Waals surface area contributed by atoms with E-state index in [1.807, 2.05) is 0 Å². The summed E-state index contributed by atoms with van der Waals surface area (Å²) < 4.78 is 9.94. The molecule has 2 aromatic carbocycles. The lowest BCUT2D eigenvalue weighted by atomic mass is 10.2. The fourth-order valence-corrected chi connectivity index (χ4v) is 2.22. The lowest BCUT2D eigenvalue weighted by molar-refractivity contribution is -0.119. The predicted molar refractivity (Wildman–Crippen MR) is 88.4 cm³/mol. The monoisotopic (exact) mass is 353 g/mol. The van der Waals surface area contributed by atoms with E-state index in [9.17, 15) is 9.59 Å². The molecule has 7 heteroatoms. The number of anilines is 1. The summed E-state index contributed by atoms with van der Waals surface area (Å²) in [4.78, 5) is 23.6. The van der Waals surface area contributed by atoms with Crippen LogP contribution in [-0.4, -0.2) is 25.6 Å². The summed E-state index contributed by atoms with van der Waals surface area (Å²) in [6.45, 7) is -0.427. The highest BCUT2D eigenvalue weighted by molar-refractivity contribution is 6.36. The number of nitrogens with one attached hydrogen (secondary N) is 1. The molecule has 5 nitrogen and oxygen atoms in total. The zero-order valence-electron chi connectivity index (χ0n) is 12.1. The molecule has 0 heterocycles. The van der Waals surface area contributed by atoms with E-state index in [0.717, 1.165) is 0 Å². The van der Waals surface area contributed by atoms with Gasteiger partial charge in [-0.25, -0.2) is 4.79 Å². The minimum absolute atomic E-state index is 0.147. The number of esters is 1. The van der Waals surface area contributed by atoms with Gasteiger partial charge < -0.3 is 14.8 Å². The molecule has 0 aliphatic rings. The van der Waals surface area contributed by atoms with Gasteiger partial charge in [-0.1, -0.05) is 23.2 Å². The Kier molecular flexibility index (Phi) is 5.84. The number of amides is 1. The van der Waals surface area contributed by atoms with Crippen molar-refractivity contribution in [3.05, 3.63) is 58.1 Å². The van der Waals surface area contributed by atoms with Gasteiger partial charge in [0, 0.05) is 10.7 Å². The Balaban J connectivity index is 1.89. The SMILES string of the molecule is COc1ccc(NC(=O)COC(=O)c2ccc(Cl)cc2Cl)cc1. The van der Waals surface area contributed by atoms with Crippen LogP contribution in [0, 0.1) is 0 Å². The van der Waals surface area contributed by atoms with Gasteiger partial charge in [0.25, 0.3) is 5.91 Å². The van der Waals surface area contributed by atoms with Crippen LogP contribution in [0.3, 0.4) is 0 Å². The summed E-state index contributed by atoms with van der Waals surface area (Å²) >= 11 is 11.7. The summed E-state index contributed by atoms with van der Waals surface area (Å²) in [7, 11) is 1.55. The van der Waals surface area contributed by atoms with Crippen LogP contribution in [0.5, 0.6) is 5.75 Å². The van der Waals surface area contributed by atoms with Crippen molar-refractivity contribution < 1.29 is 19.1 Å². The number of methoxy groups -OCH3 is 1. The third-order valence-corrected chi connectivity index (χ3v) is 3.41. The summed E-state index contributed by atoms with van der Waals surface area (Å²) in [6, 6.07) is 11.1. The van der Waals surface area contributed by atoms with Gasteiger partial charge in [0.2, 0.25) is 0 Å². The van der Waals surface area contributed by atoms with Crippen molar-refractivity contribution in [1.29, 1.82) is 0 Å². The first kappa shape index (κ1) is 17.1. The molecule has 120 valence electrons. The van der Waals surface area contributed by atoms with Crippen LogP contribution in [0.15, 0.2) is 42.5 Å².